The van der Waals surface area contributed by atoms with Gasteiger partial charge in [0.2, 0.25) is 0 Å². The van der Waals surface area contributed by atoms with E-state index in [4.69, 9.17) is 11.0 Å². The first-order valence-corrected chi connectivity index (χ1v) is 5.47. The lowest BCUT2D eigenvalue weighted by atomic mass is 9.91. The Bertz CT molecular complexity index is 382. The van der Waals surface area contributed by atoms with Crippen LogP contribution in [0.3, 0.4) is 0 Å². The third kappa shape index (κ3) is 1.75. The minimum Gasteiger partial charge on any atom is -0.323 e. The number of nitriles is 1. The summed E-state index contributed by atoms with van der Waals surface area (Å²) in [6.07, 6.45) is 2.93. The second-order valence-electron chi connectivity index (χ2n) is 4.34. The zero-order valence-corrected chi connectivity index (χ0v) is 9.03. The van der Waals surface area contributed by atoms with Gasteiger partial charge in [0.25, 0.3) is 0 Å². The number of aryl methyl sites for hydroxylation is 1. The minimum atomic E-state index is -0.270. The molecule has 0 aromatic heterocycles. The van der Waals surface area contributed by atoms with E-state index >= 15 is 0 Å². The normalized spacial score (nSPS) is 19.3. The van der Waals surface area contributed by atoms with E-state index in [1.807, 2.05) is 0 Å². The van der Waals surface area contributed by atoms with Gasteiger partial charge in [-0.25, -0.2) is 0 Å². The second kappa shape index (κ2) is 3.67. The van der Waals surface area contributed by atoms with E-state index < -0.39 is 0 Å². The van der Waals surface area contributed by atoms with Crippen LogP contribution >= 0.6 is 0 Å². The zero-order valence-electron chi connectivity index (χ0n) is 9.03. The van der Waals surface area contributed by atoms with Crippen LogP contribution in [0, 0.1) is 16.7 Å². The van der Waals surface area contributed by atoms with Crippen LogP contribution in [0.2, 0.25) is 0 Å². The zero-order chi connectivity index (χ0) is 10.9. The van der Waals surface area contributed by atoms with Crippen molar-refractivity contribution in [2.24, 2.45) is 11.1 Å². The molecule has 2 heteroatoms. The molecule has 1 aromatic rings. The maximum Gasteiger partial charge on any atom is 0.0767 e. The molecule has 0 bridgehead atoms. The van der Waals surface area contributed by atoms with Gasteiger partial charge in [0.15, 0.2) is 0 Å². The molecule has 1 saturated carbocycles. The highest BCUT2D eigenvalue weighted by molar-refractivity contribution is 5.30. The summed E-state index contributed by atoms with van der Waals surface area (Å²) in [5, 5.41) is 9.06. The molecule has 0 radical (unpaired) electrons. The van der Waals surface area contributed by atoms with E-state index in [0.717, 1.165) is 24.8 Å². The fourth-order valence-corrected chi connectivity index (χ4v) is 1.91. The Kier molecular flexibility index (Phi) is 2.50. The largest absolute Gasteiger partial charge is 0.323 e. The quantitative estimate of drug-likeness (QED) is 0.815. The van der Waals surface area contributed by atoms with Crippen molar-refractivity contribution in [3.05, 3.63) is 35.4 Å². The van der Waals surface area contributed by atoms with Crippen molar-refractivity contribution in [2.45, 2.75) is 32.2 Å². The van der Waals surface area contributed by atoms with Crippen LogP contribution in [0.1, 0.15) is 36.9 Å². The Hall–Kier alpha value is -1.33. The van der Waals surface area contributed by atoms with Gasteiger partial charge in [-0.3, -0.25) is 0 Å². The molecule has 0 saturated heterocycles. The summed E-state index contributed by atoms with van der Waals surface area (Å²) >= 11 is 0. The SMILES string of the molecule is CCc1ccc(C(N)C2(C#N)CC2)cc1. The van der Waals surface area contributed by atoms with Crippen LogP contribution in [-0.4, -0.2) is 0 Å². The summed E-state index contributed by atoms with van der Waals surface area (Å²) in [7, 11) is 0. The van der Waals surface area contributed by atoms with Gasteiger partial charge in [0.05, 0.1) is 11.5 Å². The fraction of sp³-hybridized carbons (Fsp3) is 0.462. The van der Waals surface area contributed by atoms with E-state index in [1.165, 1.54) is 5.56 Å². The highest BCUT2D eigenvalue weighted by atomic mass is 14.7. The molecule has 1 unspecified atom stereocenters. The molecule has 1 fully saturated rings. The molecule has 2 N–H and O–H groups in total. The first-order valence-electron chi connectivity index (χ1n) is 5.47. The minimum absolute atomic E-state index is 0.117. The molecule has 15 heavy (non-hydrogen) atoms. The Labute approximate surface area is 90.7 Å². The molecular weight excluding hydrogens is 184 g/mol. The van der Waals surface area contributed by atoms with Crippen molar-refractivity contribution in [1.82, 2.24) is 0 Å². The topological polar surface area (TPSA) is 49.8 Å². The lowest BCUT2D eigenvalue weighted by molar-refractivity contribution is 0.519. The van der Waals surface area contributed by atoms with Crippen LogP contribution in [0.15, 0.2) is 24.3 Å². The van der Waals surface area contributed by atoms with Crippen molar-refractivity contribution < 1.29 is 0 Å². The molecule has 0 aliphatic heterocycles. The van der Waals surface area contributed by atoms with Gasteiger partial charge in [0.1, 0.15) is 0 Å². The molecule has 1 aliphatic carbocycles. The Morgan fingerprint density at radius 2 is 2.00 bits per heavy atom. The summed E-state index contributed by atoms with van der Waals surface area (Å²) in [5.74, 6) is 0. The smallest absolute Gasteiger partial charge is 0.0767 e. The van der Waals surface area contributed by atoms with Crippen molar-refractivity contribution in [2.75, 3.05) is 0 Å². The molecule has 78 valence electrons. The van der Waals surface area contributed by atoms with Crippen LogP contribution in [0.4, 0.5) is 0 Å². The molecular formula is C13H16N2. The summed E-state index contributed by atoms with van der Waals surface area (Å²) < 4.78 is 0. The van der Waals surface area contributed by atoms with E-state index in [9.17, 15) is 0 Å². The third-order valence-corrected chi connectivity index (χ3v) is 3.35. The van der Waals surface area contributed by atoms with Gasteiger partial charge in [-0.15, -0.1) is 0 Å². The molecule has 1 aliphatic rings. The predicted molar refractivity (Wildman–Crippen MR) is 60.0 cm³/mol. The average molecular weight is 200 g/mol. The van der Waals surface area contributed by atoms with Crippen molar-refractivity contribution in [1.29, 1.82) is 5.26 Å². The molecule has 0 spiro atoms. The highest BCUT2D eigenvalue weighted by Gasteiger charge is 2.49. The molecule has 2 nitrogen and oxygen atoms in total. The van der Waals surface area contributed by atoms with Gasteiger partial charge >= 0.3 is 0 Å². The van der Waals surface area contributed by atoms with Gasteiger partial charge < -0.3 is 5.73 Å². The molecule has 2 rings (SSSR count). The molecule has 1 atom stereocenters. The van der Waals surface area contributed by atoms with Crippen LogP contribution in [-0.2, 0) is 6.42 Å². The number of nitrogens with zero attached hydrogens (tertiary/aromatic N) is 1. The van der Waals surface area contributed by atoms with Gasteiger partial charge in [-0.1, -0.05) is 31.2 Å². The average Bonchev–Trinajstić information content (AvgIpc) is 3.09. The second-order valence-corrected chi connectivity index (χ2v) is 4.34. The Morgan fingerprint density at radius 3 is 2.40 bits per heavy atom. The van der Waals surface area contributed by atoms with Crippen LogP contribution in [0.25, 0.3) is 0 Å². The lowest BCUT2D eigenvalue weighted by Crippen LogP contribution is -2.21. The molecule has 0 amide bonds. The number of benzene rings is 1. The predicted octanol–water partition coefficient (Wildman–Crippen LogP) is 2.55. The molecule has 0 heterocycles. The summed E-state index contributed by atoms with van der Waals surface area (Å²) in [6, 6.07) is 10.5. The van der Waals surface area contributed by atoms with Gasteiger partial charge in [-0.05, 0) is 30.4 Å². The van der Waals surface area contributed by atoms with E-state index in [0.29, 0.717) is 0 Å². The van der Waals surface area contributed by atoms with E-state index in [1.54, 1.807) is 0 Å². The number of hydrogen-bond acceptors (Lipinski definition) is 2. The molecule has 1 aromatic carbocycles. The summed E-state index contributed by atoms with van der Waals surface area (Å²) in [4.78, 5) is 0. The Balaban J connectivity index is 2.20. The van der Waals surface area contributed by atoms with Gasteiger partial charge in [0, 0.05) is 6.04 Å². The summed E-state index contributed by atoms with van der Waals surface area (Å²) in [6.45, 7) is 2.13. The maximum atomic E-state index is 9.06. The highest BCUT2D eigenvalue weighted by Crippen LogP contribution is 2.53. The number of rotatable bonds is 3. The fourth-order valence-electron chi connectivity index (χ4n) is 1.91. The van der Waals surface area contributed by atoms with Crippen LogP contribution in [0.5, 0.6) is 0 Å². The van der Waals surface area contributed by atoms with Crippen molar-refractivity contribution >= 4 is 0 Å². The number of nitrogens with two attached hydrogens (primary N) is 1. The van der Waals surface area contributed by atoms with E-state index in [2.05, 4.69) is 37.3 Å². The van der Waals surface area contributed by atoms with Crippen molar-refractivity contribution in [3.63, 3.8) is 0 Å². The van der Waals surface area contributed by atoms with Crippen molar-refractivity contribution in [3.8, 4) is 6.07 Å². The summed E-state index contributed by atoms with van der Waals surface area (Å²) in [5.41, 5.74) is 8.25. The first kappa shape index (κ1) is 10.2. The first-order chi connectivity index (χ1) is 7.22. The monoisotopic (exact) mass is 200 g/mol. The lowest BCUT2D eigenvalue weighted by Gasteiger charge is -2.16. The Morgan fingerprint density at radius 1 is 1.40 bits per heavy atom. The van der Waals surface area contributed by atoms with Crippen LogP contribution < -0.4 is 5.73 Å². The number of hydrogen-bond donors (Lipinski definition) is 1. The van der Waals surface area contributed by atoms with Gasteiger partial charge in [-0.2, -0.15) is 5.26 Å². The maximum absolute atomic E-state index is 9.06. The standard InChI is InChI=1S/C13H16N2/c1-2-10-3-5-11(6-4-10)12(15)13(9-14)7-8-13/h3-6,12H,2,7-8,15H2,1H3. The third-order valence-electron chi connectivity index (χ3n) is 3.35. The van der Waals surface area contributed by atoms with E-state index in [-0.39, 0.29) is 11.5 Å².